The first kappa shape index (κ1) is 20.7. The molecule has 0 aliphatic rings. The van der Waals surface area contributed by atoms with Crippen LogP contribution in [0.4, 0.5) is 0 Å². The van der Waals surface area contributed by atoms with Gasteiger partial charge in [-0.2, -0.15) is 4.98 Å². The number of hydrogen-bond donors (Lipinski definition) is 1. The number of ether oxygens (including phenoxy) is 3. The second-order valence-electron chi connectivity index (χ2n) is 7.37. The molecule has 29 heavy (non-hydrogen) atoms. The molecule has 3 rings (SSSR count). The van der Waals surface area contributed by atoms with Crippen LogP contribution in [0.25, 0.3) is 11.0 Å². The molecule has 6 nitrogen and oxygen atoms in total. The third-order valence-electron chi connectivity index (χ3n) is 4.31. The van der Waals surface area contributed by atoms with Crippen molar-refractivity contribution in [3.63, 3.8) is 0 Å². The van der Waals surface area contributed by atoms with Gasteiger partial charge in [0.1, 0.15) is 11.3 Å². The van der Waals surface area contributed by atoms with Crippen molar-refractivity contribution < 1.29 is 19.0 Å². The molecule has 0 amide bonds. The van der Waals surface area contributed by atoms with Crippen molar-refractivity contribution in [2.45, 2.75) is 40.0 Å². The molecular formula is C23H28N2O4. The zero-order chi connectivity index (χ0) is 20.6. The molecular weight excluding hydrogens is 368 g/mol. The van der Waals surface area contributed by atoms with E-state index in [-0.39, 0.29) is 5.97 Å². The van der Waals surface area contributed by atoms with E-state index in [4.69, 9.17) is 14.2 Å². The number of para-hydroxylation sites is 1. The van der Waals surface area contributed by atoms with Crippen molar-refractivity contribution in [2.75, 3.05) is 13.2 Å². The van der Waals surface area contributed by atoms with Crippen molar-refractivity contribution in [3.05, 3.63) is 48.0 Å². The Labute approximate surface area is 171 Å². The van der Waals surface area contributed by atoms with Gasteiger partial charge in [-0.05, 0) is 48.7 Å². The van der Waals surface area contributed by atoms with Gasteiger partial charge in [-0.1, -0.05) is 39.7 Å². The summed E-state index contributed by atoms with van der Waals surface area (Å²) in [7, 11) is 0. The largest absolute Gasteiger partial charge is 0.465 e. The second-order valence-corrected chi connectivity index (χ2v) is 7.37. The van der Waals surface area contributed by atoms with Gasteiger partial charge >= 0.3 is 5.97 Å². The summed E-state index contributed by atoms with van der Waals surface area (Å²) in [5.74, 6) is 1.21. The summed E-state index contributed by atoms with van der Waals surface area (Å²) < 4.78 is 16.9. The third-order valence-corrected chi connectivity index (χ3v) is 4.31. The van der Waals surface area contributed by atoms with Crippen LogP contribution in [-0.4, -0.2) is 29.2 Å². The van der Waals surface area contributed by atoms with Crippen molar-refractivity contribution in [1.29, 1.82) is 0 Å². The Balaban J connectivity index is 1.68. The summed E-state index contributed by atoms with van der Waals surface area (Å²) >= 11 is 0. The first-order valence-electron chi connectivity index (χ1n) is 10.1. The number of benzene rings is 2. The summed E-state index contributed by atoms with van der Waals surface area (Å²) in [6, 6.07) is 13.1. The molecule has 154 valence electrons. The molecule has 0 bridgehead atoms. The predicted octanol–water partition coefficient (Wildman–Crippen LogP) is 5.74. The zero-order valence-electron chi connectivity index (χ0n) is 17.2. The Kier molecular flexibility index (Phi) is 7.11. The molecule has 1 heterocycles. The van der Waals surface area contributed by atoms with E-state index in [9.17, 15) is 4.79 Å². The average molecular weight is 396 g/mol. The van der Waals surface area contributed by atoms with Crippen molar-refractivity contribution >= 4 is 17.0 Å². The maximum atomic E-state index is 12.0. The maximum Gasteiger partial charge on any atom is 0.338 e. The Hall–Kier alpha value is -3.02. The van der Waals surface area contributed by atoms with Gasteiger partial charge in [-0.15, -0.1) is 0 Å². The second kappa shape index (κ2) is 9.96. The lowest BCUT2D eigenvalue weighted by Crippen LogP contribution is -2.09. The standard InChI is InChI=1S/C23H28N2O4/c1-4-5-6-14-27-23-24-19-8-7-9-20(21(19)25-23)29-18-12-10-17(11-13-18)22(26)28-15-16(2)3/h7-13,16H,4-6,14-15H2,1-3H3,(H,24,25). The summed E-state index contributed by atoms with van der Waals surface area (Å²) in [6.07, 6.45) is 3.29. The van der Waals surface area contributed by atoms with Crippen LogP contribution in [0.5, 0.6) is 17.5 Å². The lowest BCUT2D eigenvalue weighted by molar-refractivity contribution is 0.0459. The Morgan fingerprint density at radius 3 is 2.62 bits per heavy atom. The van der Waals surface area contributed by atoms with E-state index < -0.39 is 0 Å². The SMILES string of the molecule is CCCCCOc1nc2c(Oc3ccc(C(=O)OCC(C)C)cc3)cccc2[nH]1. The summed E-state index contributed by atoms with van der Waals surface area (Å²) in [5.41, 5.74) is 2.05. The molecule has 0 saturated carbocycles. The number of fused-ring (bicyclic) bond motifs is 1. The smallest absolute Gasteiger partial charge is 0.338 e. The van der Waals surface area contributed by atoms with Gasteiger partial charge < -0.3 is 19.2 Å². The fraction of sp³-hybridized carbons (Fsp3) is 0.391. The van der Waals surface area contributed by atoms with Crippen LogP contribution in [0.15, 0.2) is 42.5 Å². The molecule has 0 aliphatic carbocycles. The van der Waals surface area contributed by atoms with Crippen molar-refractivity contribution in [1.82, 2.24) is 9.97 Å². The molecule has 1 N–H and O–H groups in total. The van der Waals surface area contributed by atoms with Gasteiger partial charge in [0, 0.05) is 0 Å². The molecule has 2 aromatic carbocycles. The number of carbonyl (C=O) groups excluding carboxylic acids is 1. The number of nitrogens with one attached hydrogen (secondary N) is 1. The third kappa shape index (κ3) is 5.73. The highest BCUT2D eigenvalue weighted by Crippen LogP contribution is 2.30. The number of carbonyl (C=O) groups is 1. The molecule has 3 aromatic rings. The number of unbranched alkanes of at least 4 members (excludes halogenated alkanes) is 2. The molecule has 0 radical (unpaired) electrons. The zero-order valence-corrected chi connectivity index (χ0v) is 17.2. The molecule has 1 aromatic heterocycles. The summed E-state index contributed by atoms with van der Waals surface area (Å²) in [4.78, 5) is 19.7. The Morgan fingerprint density at radius 2 is 1.90 bits per heavy atom. The molecule has 0 spiro atoms. The van der Waals surface area contributed by atoms with E-state index in [1.807, 2.05) is 32.0 Å². The molecule has 6 heteroatoms. The fourth-order valence-electron chi connectivity index (χ4n) is 2.77. The minimum Gasteiger partial charge on any atom is -0.465 e. The first-order valence-corrected chi connectivity index (χ1v) is 10.1. The van der Waals surface area contributed by atoms with Crippen molar-refractivity contribution in [3.8, 4) is 17.5 Å². The normalized spacial score (nSPS) is 11.0. The monoisotopic (exact) mass is 396 g/mol. The Bertz CT molecular complexity index is 932. The molecule has 0 unspecified atom stereocenters. The quantitative estimate of drug-likeness (QED) is 0.349. The molecule has 0 atom stereocenters. The lowest BCUT2D eigenvalue weighted by Gasteiger charge is -2.09. The van der Waals surface area contributed by atoms with Gasteiger partial charge in [-0.25, -0.2) is 4.79 Å². The highest BCUT2D eigenvalue weighted by molar-refractivity contribution is 5.89. The van der Waals surface area contributed by atoms with Crippen LogP contribution in [0.1, 0.15) is 50.4 Å². The van der Waals surface area contributed by atoms with Gasteiger partial charge in [0.05, 0.1) is 24.3 Å². The summed E-state index contributed by atoms with van der Waals surface area (Å²) in [6.45, 7) is 7.20. The first-order chi connectivity index (χ1) is 14.1. The van der Waals surface area contributed by atoms with Gasteiger partial charge in [0.2, 0.25) is 0 Å². The number of hydrogen-bond acceptors (Lipinski definition) is 5. The number of aromatic amines is 1. The molecule has 0 saturated heterocycles. The van der Waals surface area contributed by atoms with Crippen LogP contribution >= 0.6 is 0 Å². The highest BCUT2D eigenvalue weighted by Gasteiger charge is 2.12. The van der Waals surface area contributed by atoms with E-state index >= 15 is 0 Å². The van der Waals surface area contributed by atoms with E-state index in [2.05, 4.69) is 16.9 Å². The van der Waals surface area contributed by atoms with Gasteiger partial charge in [0.15, 0.2) is 5.75 Å². The van der Waals surface area contributed by atoms with Crippen LogP contribution in [0.3, 0.4) is 0 Å². The fourth-order valence-corrected chi connectivity index (χ4v) is 2.77. The molecule has 0 aliphatic heterocycles. The number of aromatic nitrogens is 2. The number of nitrogens with zero attached hydrogens (tertiary/aromatic N) is 1. The molecule has 0 fully saturated rings. The summed E-state index contributed by atoms with van der Waals surface area (Å²) in [5, 5.41) is 0. The number of H-pyrrole nitrogens is 1. The van der Waals surface area contributed by atoms with E-state index in [1.165, 1.54) is 0 Å². The van der Waals surface area contributed by atoms with Crippen LogP contribution < -0.4 is 9.47 Å². The lowest BCUT2D eigenvalue weighted by atomic mass is 10.2. The van der Waals surface area contributed by atoms with E-state index in [0.717, 1.165) is 24.8 Å². The van der Waals surface area contributed by atoms with Crippen LogP contribution in [-0.2, 0) is 4.74 Å². The topological polar surface area (TPSA) is 73.4 Å². The highest BCUT2D eigenvalue weighted by atomic mass is 16.5. The minimum absolute atomic E-state index is 0.302. The average Bonchev–Trinajstić information content (AvgIpc) is 3.14. The maximum absolute atomic E-state index is 12.0. The van der Waals surface area contributed by atoms with Gasteiger partial charge in [0.25, 0.3) is 6.01 Å². The van der Waals surface area contributed by atoms with Crippen LogP contribution in [0.2, 0.25) is 0 Å². The van der Waals surface area contributed by atoms with E-state index in [1.54, 1.807) is 24.3 Å². The van der Waals surface area contributed by atoms with Gasteiger partial charge in [-0.3, -0.25) is 0 Å². The minimum atomic E-state index is -0.329. The predicted molar refractivity (Wildman–Crippen MR) is 113 cm³/mol. The number of rotatable bonds is 10. The number of esters is 1. The van der Waals surface area contributed by atoms with Crippen LogP contribution in [0, 0.1) is 5.92 Å². The van der Waals surface area contributed by atoms with E-state index in [0.29, 0.717) is 47.7 Å². The van der Waals surface area contributed by atoms with Crippen molar-refractivity contribution in [2.24, 2.45) is 5.92 Å². The Morgan fingerprint density at radius 1 is 1.10 bits per heavy atom. The number of imidazole rings is 1.